The molecule has 148 valence electrons. The van der Waals surface area contributed by atoms with Gasteiger partial charge >= 0.3 is 0 Å². The van der Waals surface area contributed by atoms with E-state index in [9.17, 15) is 9.90 Å². The van der Waals surface area contributed by atoms with Crippen molar-refractivity contribution in [1.29, 1.82) is 0 Å². The Kier molecular flexibility index (Phi) is 6.55. The average molecular weight is 382 g/mol. The van der Waals surface area contributed by atoms with Gasteiger partial charge in [-0.15, -0.1) is 0 Å². The van der Waals surface area contributed by atoms with Crippen LogP contribution in [0.1, 0.15) is 11.1 Å². The van der Waals surface area contributed by atoms with E-state index in [0.29, 0.717) is 24.6 Å². The fraction of sp³-hybridized carbons (Fsp3) is 0.318. The van der Waals surface area contributed by atoms with Gasteiger partial charge in [-0.3, -0.25) is 9.69 Å². The van der Waals surface area contributed by atoms with Gasteiger partial charge in [0, 0.05) is 38.8 Å². The first-order valence-corrected chi connectivity index (χ1v) is 9.29. The molecule has 1 aliphatic rings. The average Bonchev–Trinajstić information content (AvgIpc) is 2.74. The molecule has 0 unspecified atom stereocenters. The fourth-order valence-electron chi connectivity index (χ4n) is 3.25. The van der Waals surface area contributed by atoms with E-state index in [4.69, 9.17) is 9.47 Å². The second-order valence-corrected chi connectivity index (χ2v) is 6.69. The zero-order valence-corrected chi connectivity index (χ0v) is 16.3. The highest BCUT2D eigenvalue weighted by atomic mass is 16.5. The monoisotopic (exact) mass is 382 g/mol. The minimum absolute atomic E-state index is 0.0228. The Morgan fingerprint density at radius 3 is 2.21 bits per heavy atom. The number of carbonyl (C=O) groups is 1. The van der Waals surface area contributed by atoms with Gasteiger partial charge < -0.3 is 19.5 Å². The molecular weight excluding hydrogens is 356 g/mol. The molecular formula is C22H26N2O4. The van der Waals surface area contributed by atoms with Crippen LogP contribution in [-0.4, -0.2) is 61.2 Å². The van der Waals surface area contributed by atoms with Crippen LogP contribution in [0.3, 0.4) is 0 Å². The highest BCUT2D eigenvalue weighted by Crippen LogP contribution is 2.37. The van der Waals surface area contributed by atoms with E-state index in [1.54, 1.807) is 24.3 Å². The van der Waals surface area contributed by atoms with Gasteiger partial charge in [0.25, 0.3) is 0 Å². The van der Waals surface area contributed by atoms with E-state index < -0.39 is 0 Å². The molecule has 1 heterocycles. The molecule has 6 heteroatoms. The number of ether oxygens (including phenoxy) is 2. The van der Waals surface area contributed by atoms with Crippen molar-refractivity contribution in [3.8, 4) is 17.2 Å². The van der Waals surface area contributed by atoms with Crippen molar-refractivity contribution < 1.29 is 19.4 Å². The molecule has 1 aliphatic heterocycles. The van der Waals surface area contributed by atoms with Crippen molar-refractivity contribution in [3.63, 3.8) is 0 Å². The molecule has 2 aromatic rings. The van der Waals surface area contributed by atoms with Crippen LogP contribution in [0.4, 0.5) is 0 Å². The summed E-state index contributed by atoms with van der Waals surface area (Å²) in [4.78, 5) is 16.7. The molecule has 6 nitrogen and oxygen atoms in total. The van der Waals surface area contributed by atoms with Gasteiger partial charge in [-0.2, -0.15) is 0 Å². The van der Waals surface area contributed by atoms with Gasteiger partial charge in [0.1, 0.15) is 0 Å². The summed E-state index contributed by atoms with van der Waals surface area (Å²) in [5, 5.41) is 9.97. The summed E-state index contributed by atoms with van der Waals surface area (Å²) in [7, 11) is 2.95. The lowest BCUT2D eigenvalue weighted by molar-refractivity contribution is -0.127. The quantitative estimate of drug-likeness (QED) is 0.779. The molecule has 0 aromatic heterocycles. The number of rotatable bonds is 6. The number of piperazine rings is 1. The third-order valence-corrected chi connectivity index (χ3v) is 4.85. The summed E-state index contributed by atoms with van der Waals surface area (Å²) in [6.45, 7) is 4.03. The van der Waals surface area contributed by atoms with Crippen LogP contribution in [0, 0.1) is 0 Å². The van der Waals surface area contributed by atoms with Crippen molar-refractivity contribution in [3.05, 3.63) is 59.7 Å². The Morgan fingerprint density at radius 2 is 1.64 bits per heavy atom. The third-order valence-electron chi connectivity index (χ3n) is 4.85. The van der Waals surface area contributed by atoms with E-state index >= 15 is 0 Å². The van der Waals surface area contributed by atoms with Gasteiger partial charge in [-0.1, -0.05) is 30.3 Å². The molecule has 2 aromatic carbocycles. The highest BCUT2D eigenvalue weighted by Gasteiger charge is 2.19. The first-order valence-electron chi connectivity index (χ1n) is 9.29. The molecule has 1 saturated heterocycles. The molecule has 0 aliphatic carbocycles. The summed E-state index contributed by atoms with van der Waals surface area (Å²) >= 11 is 0. The maximum atomic E-state index is 12.5. The number of hydrogen-bond acceptors (Lipinski definition) is 5. The predicted octanol–water partition coefficient (Wildman–Crippen LogP) is 2.77. The lowest BCUT2D eigenvalue weighted by Gasteiger charge is -2.34. The lowest BCUT2D eigenvalue weighted by Crippen LogP contribution is -2.47. The topological polar surface area (TPSA) is 62.2 Å². The number of methoxy groups -OCH3 is 2. The van der Waals surface area contributed by atoms with Crippen LogP contribution in [-0.2, 0) is 11.3 Å². The summed E-state index contributed by atoms with van der Waals surface area (Å²) in [6, 6.07) is 13.7. The molecule has 0 radical (unpaired) electrons. The molecule has 0 bridgehead atoms. The second kappa shape index (κ2) is 9.28. The Hall–Kier alpha value is -2.99. The van der Waals surface area contributed by atoms with Crippen molar-refractivity contribution in [1.82, 2.24) is 9.80 Å². The molecule has 1 fully saturated rings. The molecule has 0 spiro atoms. The predicted molar refractivity (Wildman–Crippen MR) is 109 cm³/mol. The van der Waals surface area contributed by atoms with E-state index in [2.05, 4.69) is 17.0 Å². The zero-order valence-electron chi connectivity index (χ0n) is 16.3. The van der Waals surface area contributed by atoms with Crippen LogP contribution in [0.2, 0.25) is 0 Å². The minimum Gasteiger partial charge on any atom is -0.502 e. The fourth-order valence-corrected chi connectivity index (χ4v) is 3.25. The van der Waals surface area contributed by atoms with Crippen LogP contribution in [0.25, 0.3) is 6.08 Å². The number of nitrogens with zero attached hydrogens (tertiary/aromatic N) is 2. The number of benzene rings is 2. The lowest BCUT2D eigenvalue weighted by atomic mass is 10.1. The van der Waals surface area contributed by atoms with Crippen molar-refractivity contribution in [2.75, 3.05) is 40.4 Å². The normalized spacial score (nSPS) is 15.0. The van der Waals surface area contributed by atoms with Crippen LogP contribution < -0.4 is 9.47 Å². The Balaban J connectivity index is 1.57. The van der Waals surface area contributed by atoms with Gasteiger partial charge in [0.15, 0.2) is 11.5 Å². The molecule has 0 atom stereocenters. The third kappa shape index (κ3) is 4.84. The number of amides is 1. The highest BCUT2D eigenvalue weighted by molar-refractivity contribution is 5.92. The molecule has 1 N–H and O–H groups in total. The van der Waals surface area contributed by atoms with Crippen molar-refractivity contribution >= 4 is 12.0 Å². The van der Waals surface area contributed by atoms with Crippen LogP contribution in [0.15, 0.2) is 48.5 Å². The summed E-state index contributed by atoms with van der Waals surface area (Å²) in [6.07, 6.45) is 3.27. The smallest absolute Gasteiger partial charge is 0.246 e. The summed E-state index contributed by atoms with van der Waals surface area (Å²) < 4.78 is 10.3. The van der Waals surface area contributed by atoms with Crippen molar-refractivity contribution in [2.24, 2.45) is 0 Å². The van der Waals surface area contributed by atoms with E-state index in [0.717, 1.165) is 25.2 Å². The second-order valence-electron chi connectivity index (χ2n) is 6.69. The van der Waals surface area contributed by atoms with Crippen LogP contribution >= 0.6 is 0 Å². The molecule has 3 rings (SSSR count). The van der Waals surface area contributed by atoms with Gasteiger partial charge in [0.2, 0.25) is 11.7 Å². The number of phenolic OH excluding ortho intramolecular Hbond substituents is 1. The van der Waals surface area contributed by atoms with E-state index in [1.807, 2.05) is 23.1 Å². The molecule has 0 saturated carbocycles. The largest absolute Gasteiger partial charge is 0.502 e. The van der Waals surface area contributed by atoms with Crippen molar-refractivity contribution in [2.45, 2.75) is 6.54 Å². The SMILES string of the molecule is COc1cc(/C=C\C(=O)N2CCN(Cc3ccccc3)CC2)cc(OC)c1O. The Morgan fingerprint density at radius 1 is 1.04 bits per heavy atom. The maximum Gasteiger partial charge on any atom is 0.246 e. The molecule has 1 amide bonds. The number of hydrogen-bond donors (Lipinski definition) is 1. The standard InChI is InChI=1S/C22H26N2O4/c1-27-19-14-18(15-20(28-2)22(19)26)8-9-21(25)24-12-10-23(11-13-24)16-17-6-4-3-5-7-17/h3-9,14-15,26H,10-13,16H2,1-2H3/b9-8-. The number of phenols is 1. The first kappa shape index (κ1) is 19.8. The summed E-state index contributed by atoms with van der Waals surface area (Å²) in [5.74, 6) is 0.537. The van der Waals surface area contributed by atoms with Crippen LogP contribution in [0.5, 0.6) is 17.2 Å². The van der Waals surface area contributed by atoms with E-state index in [-0.39, 0.29) is 11.7 Å². The minimum atomic E-state index is -0.0528. The van der Waals surface area contributed by atoms with E-state index in [1.165, 1.54) is 19.8 Å². The van der Waals surface area contributed by atoms with Gasteiger partial charge in [-0.05, 0) is 29.3 Å². The maximum absolute atomic E-state index is 12.5. The Labute approximate surface area is 165 Å². The molecule has 28 heavy (non-hydrogen) atoms. The first-order chi connectivity index (χ1) is 13.6. The summed E-state index contributed by atoms with van der Waals surface area (Å²) in [5.41, 5.74) is 2.01. The van der Waals surface area contributed by atoms with Gasteiger partial charge in [0.05, 0.1) is 14.2 Å². The zero-order chi connectivity index (χ0) is 19.9. The van der Waals surface area contributed by atoms with Gasteiger partial charge in [-0.25, -0.2) is 0 Å². The number of aromatic hydroxyl groups is 1. The number of carbonyl (C=O) groups excluding carboxylic acids is 1. The Bertz CT molecular complexity index is 803.